The Hall–Kier alpha value is -1.91. The summed E-state index contributed by atoms with van der Waals surface area (Å²) in [7, 11) is 0. The average molecular weight is 331 g/mol. The number of nitrogens with zero attached hydrogens (tertiary/aromatic N) is 1. The van der Waals surface area contributed by atoms with Crippen molar-refractivity contribution in [2.24, 2.45) is 0 Å². The van der Waals surface area contributed by atoms with Crippen molar-refractivity contribution in [3.8, 4) is 11.1 Å². The smallest absolute Gasteiger partial charge is 0.131 e. The third-order valence-corrected chi connectivity index (χ3v) is 5.22. The number of halogens is 2. The van der Waals surface area contributed by atoms with E-state index in [0.29, 0.717) is 21.7 Å². The molecule has 0 amide bonds. The van der Waals surface area contributed by atoms with Gasteiger partial charge in [-0.1, -0.05) is 35.9 Å². The Labute approximate surface area is 138 Å². The van der Waals surface area contributed by atoms with Crippen LogP contribution < -0.4 is 5.32 Å². The predicted molar refractivity (Wildman–Crippen MR) is 89.1 cm³/mol. The first-order chi connectivity index (χ1) is 11.1. The van der Waals surface area contributed by atoms with Gasteiger partial charge in [0.25, 0.3) is 0 Å². The van der Waals surface area contributed by atoms with Crippen molar-refractivity contribution in [2.45, 2.75) is 24.9 Å². The minimum absolute atomic E-state index is 0.0586. The highest BCUT2D eigenvalue weighted by Crippen LogP contribution is 2.50. The lowest BCUT2D eigenvalue weighted by Gasteiger charge is -2.24. The molecule has 1 aliphatic heterocycles. The minimum Gasteiger partial charge on any atom is -0.392 e. The van der Waals surface area contributed by atoms with Gasteiger partial charge in [0.1, 0.15) is 11.6 Å². The van der Waals surface area contributed by atoms with Crippen LogP contribution in [0.2, 0.25) is 5.02 Å². The maximum Gasteiger partial charge on any atom is 0.131 e. The molecule has 1 spiro atoms. The molecule has 2 heterocycles. The Morgan fingerprint density at radius 1 is 1.26 bits per heavy atom. The Balaban J connectivity index is 1.86. The van der Waals surface area contributed by atoms with Crippen LogP contribution in [-0.4, -0.2) is 16.6 Å². The Morgan fingerprint density at radius 2 is 2.04 bits per heavy atom. The summed E-state index contributed by atoms with van der Waals surface area (Å²) in [6, 6.07) is 4.69. The van der Waals surface area contributed by atoms with Crippen LogP contribution in [0.5, 0.6) is 0 Å². The van der Waals surface area contributed by atoms with Crippen LogP contribution in [0.4, 0.5) is 10.2 Å². The third kappa shape index (κ3) is 2.17. The molecule has 0 unspecified atom stereocenters. The molecule has 3 nitrogen and oxygen atoms in total. The number of nitrogens with one attached hydrogen (secondary N) is 1. The summed E-state index contributed by atoms with van der Waals surface area (Å²) in [5, 5.41) is 13.0. The van der Waals surface area contributed by atoms with Gasteiger partial charge in [-0.3, -0.25) is 0 Å². The highest BCUT2D eigenvalue weighted by Gasteiger charge is 2.42. The number of fused-ring (bicyclic) bond motifs is 2. The molecule has 0 radical (unpaired) electrons. The number of aliphatic hydroxyl groups is 1. The lowest BCUT2D eigenvalue weighted by molar-refractivity contribution is 0.281. The summed E-state index contributed by atoms with van der Waals surface area (Å²) in [6.45, 7) is 0.615. The molecule has 118 valence electrons. The summed E-state index contributed by atoms with van der Waals surface area (Å²) in [4.78, 5) is 4.46. The van der Waals surface area contributed by atoms with E-state index in [1.807, 2.05) is 0 Å². The maximum absolute atomic E-state index is 14.4. The zero-order valence-corrected chi connectivity index (χ0v) is 13.2. The maximum atomic E-state index is 14.4. The average Bonchev–Trinajstić information content (AvgIpc) is 3.17. The van der Waals surface area contributed by atoms with Crippen LogP contribution in [0.3, 0.4) is 0 Å². The summed E-state index contributed by atoms with van der Waals surface area (Å²) < 4.78 is 14.4. The van der Waals surface area contributed by atoms with E-state index in [2.05, 4.69) is 22.5 Å². The predicted octanol–water partition coefficient (Wildman–Crippen LogP) is 4.05. The van der Waals surface area contributed by atoms with Gasteiger partial charge in [-0.2, -0.15) is 0 Å². The largest absolute Gasteiger partial charge is 0.392 e. The van der Waals surface area contributed by atoms with Gasteiger partial charge in [0.15, 0.2) is 0 Å². The fourth-order valence-electron chi connectivity index (χ4n) is 3.56. The van der Waals surface area contributed by atoms with Crippen LogP contribution in [0.25, 0.3) is 11.1 Å². The van der Waals surface area contributed by atoms with Crippen molar-refractivity contribution >= 4 is 17.4 Å². The normalized spacial score (nSPS) is 17.5. The summed E-state index contributed by atoms with van der Waals surface area (Å²) in [6.07, 6.45) is 7.78. The summed E-state index contributed by atoms with van der Waals surface area (Å²) in [5.74, 6) is 0.402. The first-order valence-electron chi connectivity index (χ1n) is 7.62. The van der Waals surface area contributed by atoms with Crippen LogP contribution in [0.1, 0.15) is 24.0 Å². The molecule has 0 atom stereocenters. The molecule has 1 aliphatic carbocycles. The lowest BCUT2D eigenvalue weighted by Crippen LogP contribution is -2.25. The van der Waals surface area contributed by atoms with Gasteiger partial charge in [-0.25, -0.2) is 9.37 Å². The van der Waals surface area contributed by atoms with Gasteiger partial charge < -0.3 is 10.4 Å². The Bertz CT molecular complexity index is 811. The third-order valence-electron chi connectivity index (χ3n) is 4.83. The highest BCUT2D eigenvalue weighted by molar-refractivity contribution is 6.34. The van der Waals surface area contributed by atoms with Gasteiger partial charge in [0.2, 0.25) is 0 Å². The van der Waals surface area contributed by atoms with E-state index in [-0.39, 0.29) is 12.0 Å². The van der Waals surface area contributed by atoms with E-state index >= 15 is 0 Å². The Morgan fingerprint density at radius 3 is 2.74 bits per heavy atom. The second-order valence-electron chi connectivity index (χ2n) is 6.20. The van der Waals surface area contributed by atoms with Crippen molar-refractivity contribution in [3.63, 3.8) is 0 Å². The topological polar surface area (TPSA) is 45.2 Å². The molecule has 2 aliphatic rings. The van der Waals surface area contributed by atoms with E-state index in [1.54, 1.807) is 18.3 Å². The molecule has 4 rings (SSSR count). The van der Waals surface area contributed by atoms with Gasteiger partial charge in [0, 0.05) is 34.8 Å². The van der Waals surface area contributed by atoms with Crippen LogP contribution >= 0.6 is 11.6 Å². The van der Waals surface area contributed by atoms with Crippen LogP contribution in [0.15, 0.2) is 36.5 Å². The van der Waals surface area contributed by atoms with Gasteiger partial charge in [-0.05, 0) is 24.5 Å². The van der Waals surface area contributed by atoms with Crippen molar-refractivity contribution in [1.82, 2.24) is 4.98 Å². The highest BCUT2D eigenvalue weighted by atomic mass is 35.5. The first-order valence-corrected chi connectivity index (χ1v) is 8.00. The molecule has 23 heavy (non-hydrogen) atoms. The fourth-order valence-corrected chi connectivity index (χ4v) is 4.00. The molecule has 0 fully saturated rings. The molecule has 1 aromatic heterocycles. The molecule has 0 bridgehead atoms. The molecular formula is C18H16ClFN2O. The number of pyridine rings is 1. The van der Waals surface area contributed by atoms with E-state index in [9.17, 15) is 4.39 Å². The van der Waals surface area contributed by atoms with E-state index in [0.717, 1.165) is 30.8 Å². The second kappa shape index (κ2) is 5.32. The van der Waals surface area contributed by atoms with Crippen molar-refractivity contribution in [2.75, 3.05) is 11.9 Å². The Kier molecular flexibility index (Phi) is 3.39. The monoisotopic (exact) mass is 330 g/mol. The van der Waals surface area contributed by atoms with Crippen molar-refractivity contribution in [3.05, 3.63) is 58.5 Å². The molecule has 5 heteroatoms. The van der Waals surface area contributed by atoms with Crippen LogP contribution in [-0.2, 0) is 12.0 Å². The number of aromatic nitrogens is 1. The zero-order valence-electron chi connectivity index (χ0n) is 12.4. The minimum atomic E-state index is -0.398. The summed E-state index contributed by atoms with van der Waals surface area (Å²) >= 11 is 6.68. The van der Waals surface area contributed by atoms with Gasteiger partial charge in [-0.15, -0.1) is 0 Å². The van der Waals surface area contributed by atoms with E-state index < -0.39 is 5.82 Å². The van der Waals surface area contributed by atoms with Gasteiger partial charge in [0.05, 0.1) is 11.6 Å². The number of benzene rings is 1. The molecular weight excluding hydrogens is 315 g/mol. The second-order valence-corrected chi connectivity index (χ2v) is 6.57. The number of allylic oxidation sites excluding steroid dienone is 2. The fraction of sp³-hybridized carbons (Fsp3) is 0.278. The lowest BCUT2D eigenvalue weighted by atomic mass is 9.80. The molecule has 1 aromatic carbocycles. The standard InChI is InChI=1S/C18H16ClFN2O/c19-16-13(12-4-3-11(9-23)7-14(12)20)8-21-17-15(16)18(10-22-17)5-1-2-6-18/h1-4,7-8,23H,5-6,9-10H2,(H,21,22). The zero-order chi connectivity index (χ0) is 16.0. The van der Waals surface area contributed by atoms with Crippen LogP contribution in [0, 0.1) is 5.82 Å². The first kappa shape index (κ1) is 14.7. The number of hydrogen-bond donors (Lipinski definition) is 2. The number of rotatable bonds is 2. The quantitative estimate of drug-likeness (QED) is 0.817. The van der Waals surface area contributed by atoms with Gasteiger partial charge >= 0.3 is 0 Å². The number of anilines is 1. The molecule has 2 aromatic rings. The van der Waals surface area contributed by atoms with Crippen molar-refractivity contribution < 1.29 is 9.50 Å². The molecule has 0 saturated heterocycles. The summed E-state index contributed by atoms with van der Waals surface area (Å²) in [5.41, 5.74) is 2.48. The SMILES string of the molecule is OCc1ccc(-c2cnc3c(c2Cl)C2(CC=CC2)CN3)c(F)c1. The molecule has 2 N–H and O–H groups in total. The molecule has 0 saturated carbocycles. The number of aliphatic hydroxyl groups excluding tert-OH is 1. The number of hydrogen-bond acceptors (Lipinski definition) is 3. The van der Waals surface area contributed by atoms with E-state index in [4.69, 9.17) is 16.7 Å². The van der Waals surface area contributed by atoms with Crippen molar-refractivity contribution in [1.29, 1.82) is 0 Å². The van der Waals surface area contributed by atoms with E-state index in [1.165, 1.54) is 6.07 Å².